The Morgan fingerprint density at radius 2 is 1.88 bits per heavy atom. The first-order valence-electron chi connectivity index (χ1n) is 8.68. The highest BCUT2D eigenvalue weighted by Crippen LogP contribution is 2.04. The summed E-state index contributed by atoms with van der Waals surface area (Å²) in [6.45, 7) is 3.61. The highest BCUT2D eigenvalue weighted by atomic mass is 16.1. The van der Waals surface area contributed by atoms with Crippen molar-refractivity contribution in [2.45, 2.75) is 39.0 Å². The number of anilines is 1. The molecule has 1 aromatic carbocycles. The third-order valence-electron chi connectivity index (χ3n) is 3.72. The van der Waals surface area contributed by atoms with Crippen LogP contribution in [0.25, 0.3) is 0 Å². The minimum absolute atomic E-state index is 0.138. The molecule has 0 atom stereocenters. The molecule has 0 saturated carbocycles. The second-order valence-corrected chi connectivity index (χ2v) is 5.74. The van der Waals surface area contributed by atoms with Crippen LogP contribution in [-0.2, 0) is 6.42 Å². The highest BCUT2D eigenvalue weighted by Gasteiger charge is 2.07. The largest absolute Gasteiger partial charge is 0.354 e. The molecule has 24 heavy (non-hydrogen) atoms. The summed E-state index contributed by atoms with van der Waals surface area (Å²) in [4.78, 5) is 20.5. The molecule has 128 valence electrons. The smallest absolute Gasteiger partial charge is 0.270 e. The van der Waals surface area contributed by atoms with Crippen molar-refractivity contribution in [1.29, 1.82) is 0 Å². The summed E-state index contributed by atoms with van der Waals surface area (Å²) >= 11 is 0. The fraction of sp³-hybridized carbons (Fsp3) is 0.421. The molecule has 0 spiro atoms. The number of aryl methyl sites for hydroxylation is 1. The van der Waals surface area contributed by atoms with Crippen LogP contribution in [0.15, 0.2) is 42.6 Å². The van der Waals surface area contributed by atoms with Crippen LogP contribution in [-0.4, -0.2) is 29.0 Å². The van der Waals surface area contributed by atoms with Gasteiger partial charge in [-0.3, -0.25) is 4.79 Å². The summed E-state index contributed by atoms with van der Waals surface area (Å²) < 4.78 is 0. The number of rotatable bonds is 10. The number of aromatic nitrogens is 2. The maximum absolute atomic E-state index is 12.0. The topological polar surface area (TPSA) is 66.9 Å². The predicted octanol–water partition coefficient (Wildman–Crippen LogP) is 3.44. The van der Waals surface area contributed by atoms with Gasteiger partial charge in [0.2, 0.25) is 5.95 Å². The monoisotopic (exact) mass is 326 g/mol. The maximum Gasteiger partial charge on any atom is 0.270 e. The molecule has 0 bridgehead atoms. The summed E-state index contributed by atoms with van der Waals surface area (Å²) in [7, 11) is 0. The molecular formula is C19H26N4O. The molecule has 2 rings (SSSR count). The van der Waals surface area contributed by atoms with E-state index in [1.165, 1.54) is 5.56 Å². The van der Waals surface area contributed by atoms with Gasteiger partial charge >= 0.3 is 0 Å². The van der Waals surface area contributed by atoms with E-state index in [9.17, 15) is 4.79 Å². The van der Waals surface area contributed by atoms with E-state index in [1.54, 1.807) is 12.3 Å². The molecule has 0 radical (unpaired) electrons. The van der Waals surface area contributed by atoms with E-state index in [2.05, 4.69) is 51.8 Å². The fourth-order valence-electron chi connectivity index (χ4n) is 2.38. The van der Waals surface area contributed by atoms with Gasteiger partial charge in [-0.2, -0.15) is 0 Å². The zero-order valence-corrected chi connectivity index (χ0v) is 14.3. The number of carbonyl (C=O) groups excluding carboxylic acids is 1. The van der Waals surface area contributed by atoms with Crippen LogP contribution in [0.3, 0.4) is 0 Å². The summed E-state index contributed by atoms with van der Waals surface area (Å²) in [5, 5.41) is 6.08. The number of unbranched alkanes of at least 4 members (excludes halogenated alkanes) is 2. The average molecular weight is 326 g/mol. The number of benzene rings is 1. The van der Waals surface area contributed by atoms with Crippen molar-refractivity contribution in [1.82, 2.24) is 15.3 Å². The van der Waals surface area contributed by atoms with Gasteiger partial charge in [0.25, 0.3) is 5.91 Å². The van der Waals surface area contributed by atoms with E-state index < -0.39 is 0 Å². The summed E-state index contributed by atoms with van der Waals surface area (Å²) in [6.07, 6.45) is 6.87. The molecular weight excluding hydrogens is 300 g/mol. The Hall–Kier alpha value is -2.43. The second kappa shape index (κ2) is 10.4. The quantitative estimate of drug-likeness (QED) is 0.656. The first kappa shape index (κ1) is 17.9. The van der Waals surface area contributed by atoms with E-state index in [0.29, 0.717) is 18.2 Å². The lowest BCUT2D eigenvalue weighted by molar-refractivity contribution is 0.0948. The van der Waals surface area contributed by atoms with E-state index in [0.717, 1.165) is 38.6 Å². The number of hydrogen-bond acceptors (Lipinski definition) is 4. The van der Waals surface area contributed by atoms with E-state index >= 15 is 0 Å². The van der Waals surface area contributed by atoms with Crippen molar-refractivity contribution < 1.29 is 4.79 Å². The normalized spacial score (nSPS) is 10.4. The van der Waals surface area contributed by atoms with Gasteiger partial charge in [-0.05, 0) is 30.9 Å². The summed E-state index contributed by atoms with van der Waals surface area (Å²) in [5.74, 6) is 0.366. The summed E-state index contributed by atoms with van der Waals surface area (Å²) in [6, 6.07) is 12.0. The number of carbonyl (C=O) groups is 1. The first-order valence-corrected chi connectivity index (χ1v) is 8.68. The Morgan fingerprint density at radius 3 is 2.67 bits per heavy atom. The Labute approximate surface area is 143 Å². The van der Waals surface area contributed by atoms with E-state index in [1.807, 2.05) is 6.07 Å². The van der Waals surface area contributed by atoms with Crippen LogP contribution >= 0.6 is 0 Å². The average Bonchev–Trinajstić information content (AvgIpc) is 2.63. The van der Waals surface area contributed by atoms with Crippen LogP contribution in [0.4, 0.5) is 5.95 Å². The van der Waals surface area contributed by atoms with Crippen molar-refractivity contribution in [3.8, 4) is 0 Å². The van der Waals surface area contributed by atoms with Crippen molar-refractivity contribution in [3.63, 3.8) is 0 Å². The Balaban J connectivity index is 1.74. The van der Waals surface area contributed by atoms with Gasteiger partial charge in [0.15, 0.2) is 0 Å². The third kappa shape index (κ3) is 6.36. The number of hydrogen-bond donors (Lipinski definition) is 2. The second-order valence-electron chi connectivity index (χ2n) is 5.74. The van der Waals surface area contributed by atoms with E-state index in [4.69, 9.17) is 0 Å². The minimum Gasteiger partial charge on any atom is -0.354 e. The van der Waals surface area contributed by atoms with Crippen molar-refractivity contribution in [2.24, 2.45) is 0 Å². The van der Waals surface area contributed by atoms with Crippen LogP contribution in [0.1, 0.15) is 48.7 Å². The maximum atomic E-state index is 12.0. The van der Waals surface area contributed by atoms with Crippen LogP contribution in [0, 0.1) is 0 Å². The molecule has 0 unspecified atom stereocenters. The van der Waals surface area contributed by atoms with Gasteiger partial charge in [0.05, 0.1) is 0 Å². The van der Waals surface area contributed by atoms with Crippen LogP contribution in [0.2, 0.25) is 0 Å². The predicted molar refractivity (Wildman–Crippen MR) is 97.1 cm³/mol. The van der Waals surface area contributed by atoms with Crippen LogP contribution in [0.5, 0.6) is 0 Å². The minimum atomic E-state index is -0.138. The molecule has 0 fully saturated rings. The molecule has 0 aliphatic rings. The van der Waals surface area contributed by atoms with Gasteiger partial charge in [0, 0.05) is 19.3 Å². The first-order chi connectivity index (χ1) is 11.8. The lowest BCUT2D eigenvalue weighted by atomic mass is 10.1. The molecule has 0 aliphatic heterocycles. The van der Waals surface area contributed by atoms with Crippen molar-refractivity contribution in [3.05, 3.63) is 53.9 Å². The Bertz CT molecular complexity index is 616. The molecule has 5 heteroatoms. The number of nitrogens with one attached hydrogen (secondary N) is 2. The van der Waals surface area contributed by atoms with Gasteiger partial charge in [-0.15, -0.1) is 0 Å². The van der Waals surface area contributed by atoms with Gasteiger partial charge in [-0.1, -0.05) is 50.1 Å². The van der Waals surface area contributed by atoms with Gasteiger partial charge < -0.3 is 10.6 Å². The van der Waals surface area contributed by atoms with E-state index in [-0.39, 0.29) is 5.91 Å². The molecule has 1 heterocycles. The molecule has 2 N–H and O–H groups in total. The molecule has 2 aromatic rings. The van der Waals surface area contributed by atoms with Crippen molar-refractivity contribution in [2.75, 3.05) is 18.4 Å². The molecule has 1 aromatic heterocycles. The lowest BCUT2D eigenvalue weighted by Crippen LogP contribution is -2.25. The number of amides is 1. The Kier molecular flexibility index (Phi) is 7.74. The fourth-order valence-corrected chi connectivity index (χ4v) is 2.38. The SMILES string of the molecule is CCCCCNC(=O)c1ccnc(NCCCc2ccccc2)n1. The van der Waals surface area contributed by atoms with Gasteiger partial charge in [0.1, 0.15) is 5.69 Å². The van der Waals surface area contributed by atoms with Crippen molar-refractivity contribution >= 4 is 11.9 Å². The van der Waals surface area contributed by atoms with Crippen LogP contribution < -0.4 is 10.6 Å². The standard InChI is InChI=1S/C19H26N4O/c1-2-3-7-13-20-18(24)17-12-15-22-19(23-17)21-14-8-11-16-9-5-4-6-10-16/h4-6,9-10,12,15H,2-3,7-8,11,13-14H2,1H3,(H,20,24)(H,21,22,23). The molecule has 0 saturated heterocycles. The number of nitrogens with zero attached hydrogens (tertiary/aromatic N) is 2. The Morgan fingerprint density at radius 1 is 1.04 bits per heavy atom. The highest BCUT2D eigenvalue weighted by molar-refractivity contribution is 5.92. The summed E-state index contributed by atoms with van der Waals surface area (Å²) in [5.41, 5.74) is 1.73. The molecule has 5 nitrogen and oxygen atoms in total. The zero-order chi connectivity index (χ0) is 17.0. The molecule has 0 aliphatic carbocycles. The zero-order valence-electron chi connectivity index (χ0n) is 14.3. The molecule has 1 amide bonds. The lowest BCUT2D eigenvalue weighted by Gasteiger charge is -2.07. The van der Waals surface area contributed by atoms with Gasteiger partial charge in [-0.25, -0.2) is 9.97 Å². The third-order valence-corrected chi connectivity index (χ3v) is 3.72.